The summed E-state index contributed by atoms with van der Waals surface area (Å²) in [6.45, 7) is 5.98. The maximum absolute atomic E-state index is 12.9. The minimum atomic E-state index is -0.157. The number of aryl methyl sites for hydroxylation is 1. The highest BCUT2D eigenvalue weighted by Gasteiger charge is 2.56. The van der Waals surface area contributed by atoms with Crippen molar-refractivity contribution >= 4 is 11.8 Å². The Bertz CT molecular complexity index is 743. The summed E-state index contributed by atoms with van der Waals surface area (Å²) in [4.78, 5) is 29.9. The van der Waals surface area contributed by atoms with Crippen molar-refractivity contribution in [3.05, 3.63) is 29.6 Å². The Balaban J connectivity index is 1.45. The van der Waals surface area contributed by atoms with Gasteiger partial charge in [-0.3, -0.25) is 9.59 Å². The molecule has 5 unspecified atom stereocenters. The average Bonchev–Trinajstić information content (AvgIpc) is 2.78. The second-order valence-electron chi connectivity index (χ2n) is 9.45. The molecule has 1 heterocycles. The van der Waals surface area contributed by atoms with Gasteiger partial charge in [0.2, 0.25) is 5.91 Å². The Labute approximate surface area is 161 Å². The first-order valence-corrected chi connectivity index (χ1v) is 10.4. The van der Waals surface area contributed by atoms with E-state index in [0.717, 1.165) is 37.8 Å². The summed E-state index contributed by atoms with van der Waals surface area (Å²) in [6.07, 6.45) is 6.20. The Morgan fingerprint density at radius 1 is 1.11 bits per heavy atom. The summed E-state index contributed by atoms with van der Waals surface area (Å²) in [7, 11) is 0. The molecule has 1 aromatic rings. The lowest BCUT2D eigenvalue weighted by Crippen LogP contribution is -2.46. The molecule has 1 aromatic heterocycles. The molecular formula is C22H31N3O2. The zero-order chi connectivity index (χ0) is 19.2. The number of carbonyl (C=O) groups is 2. The predicted molar refractivity (Wildman–Crippen MR) is 104 cm³/mol. The van der Waals surface area contributed by atoms with Crippen LogP contribution in [0.15, 0.2) is 18.2 Å². The third kappa shape index (κ3) is 3.61. The van der Waals surface area contributed by atoms with Gasteiger partial charge in [-0.15, -0.1) is 0 Å². The van der Waals surface area contributed by atoms with Gasteiger partial charge < -0.3 is 10.6 Å². The van der Waals surface area contributed by atoms with Gasteiger partial charge in [0.05, 0.1) is 0 Å². The van der Waals surface area contributed by atoms with Crippen molar-refractivity contribution < 1.29 is 9.59 Å². The molecule has 5 heteroatoms. The second-order valence-corrected chi connectivity index (χ2v) is 9.45. The highest BCUT2D eigenvalue weighted by molar-refractivity contribution is 5.92. The summed E-state index contributed by atoms with van der Waals surface area (Å²) in [5.74, 6) is 1.92. The number of aromatic nitrogens is 1. The first-order chi connectivity index (χ1) is 12.8. The summed E-state index contributed by atoms with van der Waals surface area (Å²) in [6, 6.07) is 5.96. The van der Waals surface area contributed by atoms with Gasteiger partial charge in [-0.05, 0) is 89.2 Å². The first kappa shape index (κ1) is 18.5. The number of amides is 2. The van der Waals surface area contributed by atoms with Gasteiger partial charge in [0.25, 0.3) is 5.91 Å². The van der Waals surface area contributed by atoms with E-state index in [4.69, 9.17) is 0 Å². The van der Waals surface area contributed by atoms with Gasteiger partial charge in [0.15, 0.2) is 0 Å². The fourth-order valence-electron chi connectivity index (χ4n) is 5.99. The topological polar surface area (TPSA) is 71.1 Å². The fourth-order valence-corrected chi connectivity index (χ4v) is 5.99. The van der Waals surface area contributed by atoms with Crippen molar-refractivity contribution in [2.75, 3.05) is 0 Å². The van der Waals surface area contributed by atoms with Gasteiger partial charge in [-0.1, -0.05) is 6.07 Å². The molecule has 3 aliphatic rings. The molecule has 0 saturated heterocycles. The Morgan fingerprint density at radius 2 is 1.85 bits per heavy atom. The number of carbonyl (C=O) groups excluding carboxylic acids is 2. The number of fused-ring (bicyclic) bond motifs is 2. The standard InChI is InChI=1S/C22H31N3O2/c1-13(2)23-21(27)22-10-15-7-16(11-22)17(12-22)9-18(8-15)25-20(26)19-6-4-5-14(3)24-19/h4-6,13,15-18H,7-12H2,1-3H3,(H,23,27)(H,25,26). The van der Waals surface area contributed by atoms with Crippen LogP contribution in [0.2, 0.25) is 0 Å². The molecule has 0 radical (unpaired) electrons. The lowest BCUT2D eigenvalue weighted by atomic mass is 9.68. The van der Waals surface area contributed by atoms with E-state index in [-0.39, 0.29) is 29.3 Å². The van der Waals surface area contributed by atoms with Crippen LogP contribution in [0.1, 0.15) is 68.6 Å². The molecule has 0 aliphatic heterocycles. The molecule has 4 rings (SSSR count). The average molecular weight is 370 g/mol. The van der Waals surface area contributed by atoms with Crippen LogP contribution in [0.4, 0.5) is 0 Å². The Kier molecular flexibility index (Phi) is 4.73. The zero-order valence-electron chi connectivity index (χ0n) is 16.6. The van der Waals surface area contributed by atoms with Crippen LogP contribution in [0.3, 0.4) is 0 Å². The van der Waals surface area contributed by atoms with E-state index in [0.29, 0.717) is 23.4 Å². The SMILES string of the molecule is Cc1cccc(C(=O)NC2CC3CC4CC(C(=O)NC(C)C)(C3)CC4C2)n1. The van der Waals surface area contributed by atoms with Crippen molar-refractivity contribution in [1.82, 2.24) is 15.6 Å². The van der Waals surface area contributed by atoms with Crippen LogP contribution in [-0.2, 0) is 4.79 Å². The molecule has 3 saturated carbocycles. The quantitative estimate of drug-likeness (QED) is 0.856. The van der Waals surface area contributed by atoms with E-state index >= 15 is 0 Å². The zero-order valence-corrected chi connectivity index (χ0v) is 16.6. The number of hydrogen-bond acceptors (Lipinski definition) is 3. The molecule has 3 fully saturated rings. The lowest BCUT2D eigenvalue weighted by molar-refractivity contribution is -0.133. The number of pyridine rings is 1. The monoisotopic (exact) mass is 369 g/mol. The van der Waals surface area contributed by atoms with E-state index in [1.54, 1.807) is 6.07 Å². The molecule has 3 bridgehead atoms. The number of nitrogens with zero attached hydrogens (tertiary/aromatic N) is 1. The van der Waals surface area contributed by atoms with Crippen LogP contribution in [0, 0.1) is 30.1 Å². The molecule has 5 nitrogen and oxygen atoms in total. The summed E-state index contributed by atoms with van der Waals surface area (Å²) in [5, 5.41) is 6.42. The van der Waals surface area contributed by atoms with E-state index in [9.17, 15) is 9.59 Å². The predicted octanol–water partition coefficient (Wildman–Crippen LogP) is 3.23. The molecule has 3 aliphatic carbocycles. The minimum absolute atomic E-state index is 0.0664. The summed E-state index contributed by atoms with van der Waals surface area (Å²) < 4.78 is 0. The van der Waals surface area contributed by atoms with Crippen molar-refractivity contribution in [3.63, 3.8) is 0 Å². The van der Waals surface area contributed by atoms with Crippen molar-refractivity contribution in [2.24, 2.45) is 23.2 Å². The molecule has 0 aromatic carbocycles. The number of hydrogen-bond donors (Lipinski definition) is 2. The van der Waals surface area contributed by atoms with E-state index < -0.39 is 0 Å². The number of rotatable bonds is 4. The third-order valence-corrected chi connectivity index (χ3v) is 6.85. The highest BCUT2D eigenvalue weighted by atomic mass is 16.2. The first-order valence-electron chi connectivity index (χ1n) is 10.4. The summed E-state index contributed by atoms with van der Waals surface area (Å²) >= 11 is 0. The van der Waals surface area contributed by atoms with Gasteiger partial charge in [-0.25, -0.2) is 4.98 Å². The third-order valence-electron chi connectivity index (χ3n) is 6.85. The summed E-state index contributed by atoms with van der Waals surface area (Å²) in [5.41, 5.74) is 1.20. The van der Waals surface area contributed by atoms with Crippen LogP contribution in [0.25, 0.3) is 0 Å². The van der Waals surface area contributed by atoms with E-state index in [2.05, 4.69) is 15.6 Å². The van der Waals surface area contributed by atoms with Crippen LogP contribution in [-0.4, -0.2) is 28.9 Å². The van der Waals surface area contributed by atoms with Crippen LogP contribution >= 0.6 is 0 Å². The number of nitrogens with one attached hydrogen (secondary N) is 2. The molecule has 2 N–H and O–H groups in total. The Morgan fingerprint density at radius 3 is 2.56 bits per heavy atom. The molecule has 0 spiro atoms. The van der Waals surface area contributed by atoms with E-state index in [1.807, 2.05) is 32.9 Å². The van der Waals surface area contributed by atoms with Gasteiger partial charge in [0.1, 0.15) is 5.69 Å². The van der Waals surface area contributed by atoms with Crippen molar-refractivity contribution in [1.29, 1.82) is 0 Å². The van der Waals surface area contributed by atoms with Gasteiger partial charge >= 0.3 is 0 Å². The molecule has 2 amide bonds. The van der Waals surface area contributed by atoms with Gasteiger partial charge in [-0.2, -0.15) is 0 Å². The van der Waals surface area contributed by atoms with Gasteiger partial charge in [0, 0.05) is 23.2 Å². The minimum Gasteiger partial charge on any atom is -0.353 e. The normalized spacial score (nSPS) is 34.4. The molecule has 27 heavy (non-hydrogen) atoms. The van der Waals surface area contributed by atoms with Crippen LogP contribution < -0.4 is 10.6 Å². The van der Waals surface area contributed by atoms with Crippen LogP contribution in [0.5, 0.6) is 0 Å². The molecular weight excluding hydrogens is 338 g/mol. The molecule has 5 atom stereocenters. The smallest absolute Gasteiger partial charge is 0.270 e. The van der Waals surface area contributed by atoms with Crippen molar-refractivity contribution in [3.8, 4) is 0 Å². The maximum Gasteiger partial charge on any atom is 0.270 e. The fraction of sp³-hybridized carbons (Fsp3) is 0.682. The van der Waals surface area contributed by atoms with Crippen molar-refractivity contribution in [2.45, 2.75) is 71.4 Å². The van der Waals surface area contributed by atoms with E-state index in [1.165, 1.54) is 6.42 Å². The molecule has 146 valence electrons. The lowest BCUT2D eigenvalue weighted by Gasteiger charge is -2.38. The highest BCUT2D eigenvalue weighted by Crippen LogP contribution is 2.60. The second kappa shape index (κ2) is 6.92. The Hall–Kier alpha value is -1.91. The maximum atomic E-state index is 12.9. The largest absolute Gasteiger partial charge is 0.353 e.